The van der Waals surface area contributed by atoms with Crippen molar-refractivity contribution in [3.63, 3.8) is 0 Å². The fourth-order valence-corrected chi connectivity index (χ4v) is 4.14. The summed E-state index contributed by atoms with van der Waals surface area (Å²) >= 11 is 6.03. The topological polar surface area (TPSA) is 92.1 Å². The van der Waals surface area contributed by atoms with Crippen molar-refractivity contribution in [3.05, 3.63) is 111 Å². The van der Waals surface area contributed by atoms with E-state index in [0.717, 1.165) is 5.56 Å². The number of rotatable bonds is 4. The van der Waals surface area contributed by atoms with Crippen LogP contribution >= 0.6 is 11.6 Å². The number of nitrogens with one attached hydrogen (secondary N) is 1. The van der Waals surface area contributed by atoms with Crippen molar-refractivity contribution < 1.29 is 9.72 Å². The largest absolute Gasteiger partial charge is 0.295 e. The van der Waals surface area contributed by atoms with E-state index in [1.165, 1.54) is 6.07 Å². The average molecular weight is 431 g/mol. The third-order valence-electron chi connectivity index (χ3n) is 5.35. The highest BCUT2D eigenvalue weighted by Gasteiger charge is 2.45. The first-order chi connectivity index (χ1) is 15.1. The Bertz CT molecular complexity index is 1300. The van der Waals surface area contributed by atoms with E-state index in [1.54, 1.807) is 47.4 Å². The molecule has 152 valence electrons. The van der Waals surface area contributed by atoms with E-state index in [9.17, 15) is 14.9 Å². The molecular formula is C23H15ClN4O3. The monoisotopic (exact) mass is 430 g/mol. The van der Waals surface area contributed by atoms with Crippen LogP contribution in [0.25, 0.3) is 11.3 Å². The lowest BCUT2D eigenvalue weighted by Crippen LogP contribution is -2.29. The molecule has 0 saturated carbocycles. The van der Waals surface area contributed by atoms with Crippen LogP contribution in [0, 0.1) is 10.1 Å². The summed E-state index contributed by atoms with van der Waals surface area (Å²) in [6.45, 7) is 0. The van der Waals surface area contributed by atoms with Crippen molar-refractivity contribution in [2.45, 2.75) is 6.04 Å². The summed E-state index contributed by atoms with van der Waals surface area (Å²) < 4.78 is 0. The van der Waals surface area contributed by atoms with E-state index in [2.05, 4.69) is 10.2 Å². The first kappa shape index (κ1) is 19.0. The van der Waals surface area contributed by atoms with Crippen LogP contribution < -0.4 is 4.90 Å². The maximum absolute atomic E-state index is 13.4. The lowest BCUT2D eigenvalue weighted by molar-refractivity contribution is -0.385. The molecule has 1 aliphatic heterocycles. The second kappa shape index (κ2) is 7.37. The minimum atomic E-state index is -0.712. The molecule has 8 heteroatoms. The number of nitro benzene ring substituents is 1. The number of fused-ring (bicyclic) bond motifs is 1. The molecule has 5 rings (SSSR count). The highest BCUT2D eigenvalue weighted by molar-refractivity contribution is 6.30. The molecule has 1 unspecified atom stereocenters. The van der Waals surface area contributed by atoms with E-state index in [1.807, 2.05) is 30.3 Å². The summed E-state index contributed by atoms with van der Waals surface area (Å²) in [5.74, 6) is -0.294. The van der Waals surface area contributed by atoms with E-state index < -0.39 is 11.0 Å². The third-order valence-corrected chi connectivity index (χ3v) is 5.60. The molecule has 0 radical (unpaired) electrons. The van der Waals surface area contributed by atoms with Gasteiger partial charge in [0.15, 0.2) is 0 Å². The van der Waals surface area contributed by atoms with Crippen LogP contribution in [-0.2, 0) is 0 Å². The molecule has 0 bridgehead atoms. The Morgan fingerprint density at radius 2 is 1.65 bits per heavy atom. The molecule has 1 N–H and O–H groups in total. The minimum Gasteiger partial charge on any atom is -0.295 e. The number of anilines is 1. The number of benzene rings is 3. The van der Waals surface area contributed by atoms with Gasteiger partial charge in [0.05, 0.1) is 22.2 Å². The Balaban J connectivity index is 1.77. The molecule has 1 aromatic heterocycles. The summed E-state index contributed by atoms with van der Waals surface area (Å²) in [6, 6.07) is 22.0. The summed E-state index contributed by atoms with van der Waals surface area (Å²) in [5.41, 5.74) is 3.23. The van der Waals surface area contributed by atoms with Crippen LogP contribution in [-0.4, -0.2) is 21.0 Å². The lowest BCUT2D eigenvalue weighted by atomic mass is 9.94. The standard InChI is InChI=1S/C23H15ClN4O3/c24-15-12-10-14(11-13-15)20-19-21(26-25-20)23(29)27(16-6-2-1-3-7-16)22(19)17-8-4-5-9-18(17)28(30)31/h1-13,22H,(H,25,26). The molecule has 4 aromatic rings. The molecule has 0 spiro atoms. The second-order valence-electron chi connectivity index (χ2n) is 7.10. The molecule has 31 heavy (non-hydrogen) atoms. The number of hydrogen-bond acceptors (Lipinski definition) is 4. The van der Waals surface area contributed by atoms with Crippen LogP contribution in [0.15, 0.2) is 78.9 Å². The van der Waals surface area contributed by atoms with Crippen LogP contribution in [0.5, 0.6) is 0 Å². The molecule has 3 aromatic carbocycles. The Hall–Kier alpha value is -3.97. The summed E-state index contributed by atoms with van der Waals surface area (Å²) in [6.07, 6.45) is 0. The second-order valence-corrected chi connectivity index (χ2v) is 7.53. The van der Waals surface area contributed by atoms with Gasteiger partial charge in [-0.3, -0.25) is 24.9 Å². The number of amides is 1. The van der Waals surface area contributed by atoms with E-state index in [0.29, 0.717) is 33.2 Å². The molecule has 0 saturated heterocycles. The van der Waals surface area contributed by atoms with Crippen LogP contribution in [0.4, 0.5) is 11.4 Å². The fourth-order valence-electron chi connectivity index (χ4n) is 4.01. The zero-order valence-electron chi connectivity index (χ0n) is 16.0. The van der Waals surface area contributed by atoms with Crippen molar-refractivity contribution in [2.75, 3.05) is 4.90 Å². The summed E-state index contributed by atoms with van der Waals surface area (Å²) in [5, 5.41) is 19.6. The molecule has 2 heterocycles. The van der Waals surface area contributed by atoms with Crippen LogP contribution in [0.1, 0.15) is 27.7 Å². The van der Waals surface area contributed by atoms with Gasteiger partial charge in [-0.25, -0.2) is 0 Å². The third kappa shape index (κ3) is 3.06. The van der Waals surface area contributed by atoms with Gasteiger partial charge in [-0.15, -0.1) is 0 Å². The predicted octanol–water partition coefficient (Wildman–Crippen LogP) is 5.39. The van der Waals surface area contributed by atoms with Gasteiger partial charge in [-0.2, -0.15) is 5.10 Å². The normalized spacial score (nSPS) is 15.2. The van der Waals surface area contributed by atoms with Crippen molar-refractivity contribution in [2.24, 2.45) is 0 Å². The first-order valence-corrected chi connectivity index (χ1v) is 9.90. The maximum atomic E-state index is 13.4. The molecule has 0 fully saturated rings. The van der Waals surface area contributed by atoms with Gasteiger partial charge >= 0.3 is 0 Å². The molecule has 7 nitrogen and oxygen atoms in total. The smallest absolute Gasteiger partial charge is 0.277 e. The number of carbonyl (C=O) groups excluding carboxylic acids is 1. The zero-order valence-corrected chi connectivity index (χ0v) is 16.8. The number of aromatic amines is 1. The molecule has 1 amide bonds. The average Bonchev–Trinajstić information content (AvgIpc) is 3.34. The van der Waals surface area contributed by atoms with Gasteiger partial charge < -0.3 is 0 Å². The van der Waals surface area contributed by atoms with Gasteiger partial charge in [0.1, 0.15) is 5.69 Å². The van der Waals surface area contributed by atoms with E-state index in [4.69, 9.17) is 11.6 Å². The van der Waals surface area contributed by atoms with Crippen LogP contribution in [0.2, 0.25) is 5.02 Å². The summed E-state index contributed by atoms with van der Waals surface area (Å²) in [7, 11) is 0. The Kier molecular flexibility index (Phi) is 4.52. The van der Waals surface area contributed by atoms with Crippen molar-refractivity contribution in [1.29, 1.82) is 0 Å². The molecule has 1 aliphatic rings. The Labute approximate surface area is 182 Å². The number of carbonyl (C=O) groups is 1. The first-order valence-electron chi connectivity index (χ1n) is 9.52. The number of para-hydroxylation sites is 2. The number of nitrogens with zero attached hydrogens (tertiary/aromatic N) is 3. The Morgan fingerprint density at radius 1 is 0.968 bits per heavy atom. The number of H-pyrrole nitrogens is 1. The maximum Gasteiger partial charge on any atom is 0.277 e. The fraction of sp³-hybridized carbons (Fsp3) is 0.0435. The number of halogens is 1. The van der Waals surface area contributed by atoms with E-state index in [-0.39, 0.29) is 11.6 Å². The van der Waals surface area contributed by atoms with Gasteiger partial charge in [0, 0.05) is 27.9 Å². The SMILES string of the molecule is O=C1c2[nH]nc(-c3ccc(Cl)cc3)c2C(c2ccccc2[N+](=O)[O-])N1c1ccccc1. The quantitative estimate of drug-likeness (QED) is 0.347. The molecule has 0 aliphatic carbocycles. The lowest BCUT2D eigenvalue weighted by Gasteiger charge is -2.26. The van der Waals surface area contributed by atoms with Gasteiger partial charge in [0.2, 0.25) is 0 Å². The van der Waals surface area contributed by atoms with Crippen molar-refractivity contribution >= 4 is 28.9 Å². The Morgan fingerprint density at radius 3 is 2.35 bits per heavy atom. The number of nitro groups is 1. The van der Waals surface area contributed by atoms with Crippen LogP contribution in [0.3, 0.4) is 0 Å². The highest BCUT2D eigenvalue weighted by atomic mass is 35.5. The predicted molar refractivity (Wildman–Crippen MR) is 117 cm³/mol. The summed E-state index contributed by atoms with van der Waals surface area (Å²) in [4.78, 5) is 26.4. The van der Waals surface area contributed by atoms with Crippen molar-refractivity contribution in [3.8, 4) is 11.3 Å². The zero-order chi connectivity index (χ0) is 21.5. The van der Waals surface area contributed by atoms with Gasteiger partial charge in [-0.05, 0) is 30.3 Å². The van der Waals surface area contributed by atoms with Crippen molar-refractivity contribution in [1.82, 2.24) is 10.2 Å². The van der Waals surface area contributed by atoms with Gasteiger partial charge in [-0.1, -0.05) is 54.1 Å². The molecule has 1 atom stereocenters. The molecular weight excluding hydrogens is 416 g/mol. The van der Waals surface area contributed by atoms with E-state index >= 15 is 0 Å². The minimum absolute atomic E-state index is 0.0580. The van der Waals surface area contributed by atoms with Gasteiger partial charge in [0.25, 0.3) is 11.6 Å². The highest BCUT2D eigenvalue weighted by Crippen LogP contribution is 2.47. The number of hydrogen-bond donors (Lipinski definition) is 1. The number of aromatic nitrogens is 2.